The molecule has 6 heteroatoms. The summed E-state index contributed by atoms with van der Waals surface area (Å²) >= 11 is 0. The molecule has 0 unspecified atom stereocenters. The van der Waals surface area contributed by atoms with Crippen LogP contribution < -0.4 is 0 Å². The van der Waals surface area contributed by atoms with Crippen molar-refractivity contribution in [3.8, 4) is 0 Å². The van der Waals surface area contributed by atoms with Crippen LogP contribution in [0.5, 0.6) is 0 Å². The molecule has 1 aromatic carbocycles. The predicted octanol–water partition coefficient (Wildman–Crippen LogP) is 3.49. The number of halogens is 3. The summed E-state index contributed by atoms with van der Waals surface area (Å²) in [5, 5.41) is 0. The molecule has 1 saturated heterocycles. The Morgan fingerprint density at radius 3 is 2.50 bits per heavy atom. The molecule has 1 saturated carbocycles. The molecule has 0 radical (unpaired) electrons. The van der Waals surface area contributed by atoms with Crippen LogP contribution in [0.15, 0.2) is 24.3 Å². The van der Waals surface area contributed by atoms with Gasteiger partial charge in [0.25, 0.3) is 5.91 Å². The highest BCUT2D eigenvalue weighted by Gasteiger charge is 2.37. The molecule has 2 atom stereocenters. The third-order valence-corrected chi connectivity index (χ3v) is 4.45. The van der Waals surface area contributed by atoms with E-state index in [0.717, 1.165) is 37.8 Å². The van der Waals surface area contributed by atoms with Crippen molar-refractivity contribution >= 4 is 5.91 Å². The van der Waals surface area contributed by atoms with Gasteiger partial charge >= 0.3 is 6.18 Å². The summed E-state index contributed by atoms with van der Waals surface area (Å²) in [5.41, 5.74) is -0.430. The minimum Gasteiger partial charge on any atom is -0.374 e. The van der Waals surface area contributed by atoms with E-state index >= 15 is 0 Å². The van der Waals surface area contributed by atoms with Gasteiger partial charge in [0.15, 0.2) is 0 Å². The molecule has 0 aromatic heterocycles. The molecule has 2 fully saturated rings. The van der Waals surface area contributed by atoms with Gasteiger partial charge in [0.05, 0.1) is 24.3 Å². The lowest BCUT2D eigenvalue weighted by Crippen LogP contribution is -2.54. The van der Waals surface area contributed by atoms with Crippen LogP contribution in [0, 0.1) is 0 Å². The first-order valence-electron chi connectivity index (χ1n) is 7.56. The Hall–Kier alpha value is -1.56. The fourth-order valence-electron chi connectivity index (χ4n) is 3.32. The van der Waals surface area contributed by atoms with E-state index in [2.05, 4.69) is 0 Å². The van der Waals surface area contributed by atoms with Crippen molar-refractivity contribution in [3.63, 3.8) is 0 Å². The minimum atomic E-state index is -4.38. The number of carbonyl (C=O) groups excluding carboxylic acids is 1. The third kappa shape index (κ3) is 2.97. The summed E-state index contributed by atoms with van der Waals surface area (Å²) in [6, 6.07) is 4.51. The average molecular weight is 313 g/mol. The standard InChI is InChI=1S/C16H18F3NO2/c17-16(18,19)12-7-5-11(6-8-12)15(21)20-9-10-22-14-4-2-1-3-13(14)20/h5-8,13-14H,1-4,9-10H2/t13-,14-/m1/s1. The minimum absolute atomic E-state index is 0.0530. The lowest BCUT2D eigenvalue weighted by Gasteiger charge is -2.43. The highest BCUT2D eigenvalue weighted by atomic mass is 19.4. The lowest BCUT2D eigenvalue weighted by atomic mass is 9.89. The van der Waals surface area contributed by atoms with Crippen molar-refractivity contribution in [1.82, 2.24) is 4.90 Å². The fourth-order valence-corrected chi connectivity index (χ4v) is 3.32. The zero-order valence-electron chi connectivity index (χ0n) is 12.1. The van der Waals surface area contributed by atoms with E-state index in [4.69, 9.17) is 4.74 Å². The molecular weight excluding hydrogens is 295 g/mol. The number of nitrogens with zero attached hydrogens (tertiary/aromatic N) is 1. The van der Waals surface area contributed by atoms with Gasteiger partial charge in [0.1, 0.15) is 0 Å². The van der Waals surface area contributed by atoms with Crippen LogP contribution >= 0.6 is 0 Å². The summed E-state index contributed by atoms with van der Waals surface area (Å²) in [4.78, 5) is 14.4. The largest absolute Gasteiger partial charge is 0.416 e. The molecule has 3 rings (SSSR count). The fraction of sp³-hybridized carbons (Fsp3) is 0.562. The highest BCUT2D eigenvalue weighted by Crippen LogP contribution is 2.31. The van der Waals surface area contributed by atoms with Crippen LogP contribution in [0.25, 0.3) is 0 Å². The van der Waals surface area contributed by atoms with E-state index in [9.17, 15) is 18.0 Å². The molecule has 22 heavy (non-hydrogen) atoms. The van der Waals surface area contributed by atoms with Crippen LogP contribution in [-0.2, 0) is 10.9 Å². The van der Waals surface area contributed by atoms with E-state index in [1.807, 2.05) is 0 Å². The number of fused-ring (bicyclic) bond motifs is 1. The second-order valence-corrected chi connectivity index (χ2v) is 5.83. The Labute approximate surface area is 127 Å². The van der Waals surface area contributed by atoms with Crippen molar-refractivity contribution < 1.29 is 22.7 Å². The van der Waals surface area contributed by atoms with Crippen LogP contribution in [0.3, 0.4) is 0 Å². The summed E-state index contributed by atoms with van der Waals surface area (Å²) in [6.07, 6.45) is -0.306. The van der Waals surface area contributed by atoms with Crippen molar-refractivity contribution in [1.29, 1.82) is 0 Å². The molecule has 0 spiro atoms. The quantitative estimate of drug-likeness (QED) is 0.794. The lowest BCUT2D eigenvalue weighted by molar-refractivity contribution is -0.137. The molecule has 1 aromatic rings. The topological polar surface area (TPSA) is 29.5 Å². The molecule has 1 aliphatic heterocycles. The average Bonchev–Trinajstić information content (AvgIpc) is 2.53. The molecule has 0 N–H and O–H groups in total. The molecule has 1 amide bonds. The Morgan fingerprint density at radius 2 is 1.82 bits per heavy atom. The summed E-state index contributed by atoms with van der Waals surface area (Å²) in [5.74, 6) is -0.200. The zero-order valence-corrected chi connectivity index (χ0v) is 12.1. The molecule has 1 aliphatic carbocycles. The summed E-state index contributed by atoms with van der Waals surface area (Å²) < 4.78 is 43.5. The van der Waals surface area contributed by atoms with Crippen molar-refractivity contribution in [2.45, 2.75) is 44.0 Å². The van der Waals surface area contributed by atoms with E-state index in [1.165, 1.54) is 12.1 Å². The highest BCUT2D eigenvalue weighted by molar-refractivity contribution is 5.94. The summed E-state index contributed by atoms with van der Waals surface area (Å²) in [7, 11) is 0. The first kappa shape index (κ1) is 15.3. The van der Waals surface area contributed by atoms with Gasteiger partial charge in [0, 0.05) is 12.1 Å². The number of hydrogen-bond donors (Lipinski definition) is 0. The Kier molecular flexibility index (Phi) is 4.12. The van der Waals surface area contributed by atoms with Gasteiger partial charge in [-0.1, -0.05) is 12.8 Å². The van der Waals surface area contributed by atoms with Gasteiger partial charge in [-0.25, -0.2) is 0 Å². The number of hydrogen-bond acceptors (Lipinski definition) is 2. The SMILES string of the molecule is O=C(c1ccc(C(F)(F)F)cc1)N1CCO[C@@H]2CCCC[C@H]21. The van der Waals surface area contributed by atoms with Crippen LogP contribution in [0.2, 0.25) is 0 Å². The van der Waals surface area contributed by atoms with Gasteiger partial charge in [-0.05, 0) is 37.1 Å². The Bertz CT molecular complexity index is 539. The molecule has 0 bridgehead atoms. The Balaban J connectivity index is 1.78. The van der Waals surface area contributed by atoms with Gasteiger partial charge in [-0.3, -0.25) is 4.79 Å². The molecule has 1 heterocycles. The number of morpholine rings is 1. The normalized spacial score (nSPS) is 25.7. The summed E-state index contributed by atoms with van der Waals surface area (Å²) in [6.45, 7) is 0.995. The van der Waals surface area contributed by atoms with Crippen LogP contribution in [-0.4, -0.2) is 36.1 Å². The van der Waals surface area contributed by atoms with Crippen LogP contribution in [0.1, 0.15) is 41.6 Å². The predicted molar refractivity (Wildman–Crippen MR) is 74.5 cm³/mol. The first-order valence-corrected chi connectivity index (χ1v) is 7.56. The van der Waals surface area contributed by atoms with Gasteiger partial charge in [-0.15, -0.1) is 0 Å². The number of ether oxygens (including phenoxy) is 1. The van der Waals surface area contributed by atoms with Crippen molar-refractivity contribution in [3.05, 3.63) is 35.4 Å². The van der Waals surface area contributed by atoms with Gasteiger partial charge in [-0.2, -0.15) is 13.2 Å². The second kappa shape index (κ2) is 5.91. The smallest absolute Gasteiger partial charge is 0.374 e. The third-order valence-electron chi connectivity index (χ3n) is 4.45. The van der Waals surface area contributed by atoms with Crippen molar-refractivity contribution in [2.24, 2.45) is 0 Å². The molecule has 2 aliphatic rings. The first-order chi connectivity index (χ1) is 10.5. The van der Waals surface area contributed by atoms with E-state index < -0.39 is 11.7 Å². The number of benzene rings is 1. The maximum absolute atomic E-state index is 12.6. The number of amides is 1. The zero-order chi connectivity index (χ0) is 15.7. The second-order valence-electron chi connectivity index (χ2n) is 5.83. The molecule has 3 nitrogen and oxygen atoms in total. The van der Waals surface area contributed by atoms with E-state index in [0.29, 0.717) is 18.7 Å². The van der Waals surface area contributed by atoms with Gasteiger partial charge in [0.2, 0.25) is 0 Å². The van der Waals surface area contributed by atoms with E-state index in [-0.39, 0.29) is 18.1 Å². The number of carbonyl (C=O) groups is 1. The maximum atomic E-state index is 12.6. The van der Waals surface area contributed by atoms with E-state index in [1.54, 1.807) is 4.90 Å². The van der Waals surface area contributed by atoms with Gasteiger partial charge < -0.3 is 9.64 Å². The number of alkyl halides is 3. The monoisotopic (exact) mass is 313 g/mol. The van der Waals surface area contributed by atoms with Crippen LogP contribution in [0.4, 0.5) is 13.2 Å². The Morgan fingerprint density at radius 1 is 1.14 bits per heavy atom. The van der Waals surface area contributed by atoms with Crippen molar-refractivity contribution in [2.75, 3.05) is 13.2 Å². The molecule has 120 valence electrons. The number of rotatable bonds is 1. The maximum Gasteiger partial charge on any atom is 0.416 e. The molecular formula is C16H18F3NO2.